The highest BCUT2D eigenvalue weighted by Crippen LogP contribution is 2.24. The van der Waals surface area contributed by atoms with Gasteiger partial charge in [0.2, 0.25) is 15.9 Å². The van der Waals surface area contributed by atoms with Crippen molar-refractivity contribution < 1.29 is 13.2 Å². The average molecular weight is 317 g/mol. The molecule has 0 saturated carbocycles. The number of nitrogens with zero attached hydrogens (tertiary/aromatic N) is 1. The van der Waals surface area contributed by atoms with Gasteiger partial charge in [-0.15, -0.1) is 0 Å². The smallest absolute Gasteiger partial charge is 0.242 e. The molecule has 7 heteroatoms. The Kier molecular flexibility index (Phi) is 5.27. The van der Waals surface area contributed by atoms with Gasteiger partial charge in [-0.3, -0.25) is 4.79 Å². The van der Waals surface area contributed by atoms with Crippen molar-refractivity contribution in [2.45, 2.75) is 44.6 Å². The second kappa shape index (κ2) is 6.62. The molecule has 2 aliphatic rings. The van der Waals surface area contributed by atoms with Crippen LogP contribution in [0.2, 0.25) is 0 Å². The minimum Gasteiger partial charge on any atom is -0.341 e. The summed E-state index contributed by atoms with van der Waals surface area (Å²) in [5, 5.41) is 3.36. The van der Waals surface area contributed by atoms with E-state index in [-0.39, 0.29) is 11.8 Å². The van der Waals surface area contributed by atoms with Crippen LogP contribution in [0.4, 0.5) is 0 Å². The largest absolute Gasteiger partial charge is 0.341 e. The summed E-state index contributed by atoms with van der Waals surface area (Å²) < 4.78 is 24.9. The molecule has 2 aliphatic heterocycles. The molecule has 2 unspecified atom stereocenters. The van der Waals surface area contributed by atoms with Crippen molar-refractivity contribution in [1.29, 1.82) is 0 Å². The number of hydrogen-bond donors (Lipinski definition) is 2. The fraction of sp³-hybridized carbons (Fsp3) is 0.929. The monoisotopic (exact) mass is 317 g/mol. The SMILES string of the molecule is CC1(C(=O)N2CCCC(CNS(C)(=O)=O)C2)CCCCN1. The van der Waals surface area contributed by atoms with Crippen molar-refractivity contribution in [3.05, 3.63) is 0 Å². The van der Waals surface area contributed by atoms with Crippen LogP contribution >= 0.6 is 0 Å². The molecule has 0 aromatic heterocycles. The lowest BCUT2D eigenvalue weighted by Gasteiger charge is -2.41. The van der Waals surface area contributed by atoms with Crippen LogP contribution in [0, 0.1) is 5.92 Å². The van der Waals surface area contributed by atoms with E-state index in [0.717, 1.165) is 45.2 Å². The van der Waals surface area contributed by atoms with Gasteiger partial charge in [-0.2, -0.15) is 0 Å². The standard InChI is InChI=1S/C14H27N3O3S/c1-14(7-3-4-8-15-14)13(18)17-9-5-6-12(11-17)10-16-21(2,19)20/h12,15-16H,3-11H2,1-2H3. The Morgan fingerprint density at radius 3 is 2.76 bits per heavy atom. The number of sulfonamides is 1. The van der Waals surface area contributed by atoms with E-state index in [1.165, 1.54) is 6.26 Å². The van der Waals surface area contributed by atoms with Crippen molar-refractivity contribution in [3.8, 4) is 0 Å². The Hall–Kier alpha value is -0.660. The minimum atomic E-state index is -3.16. The summed E-state index contributed by atoms with van der Waals surface area (Å²) in [6, 6.07) is 0. The summed E-state index contributed by atoms with van der Waals surface area (Å²) in [5.41, 5.74) is -0.440. The first-order valence-corrected chi connectivity index (χ1v) is 9.68. The topological polar surface area (TPSA) is 78.5 Å². The molecule has 122 valence electrons. The maximum Gasteiger partial charge on any atom is 0.242 e. The van der Waals surface area contributed by atoms with Crippen molar-refractivity contribution in [3.63, 3.8) is 0 Å². The number of rotatable bonds is 4. The zero-order valence-corrected chi connectivity index (χ0v) is 13.8. The molecule has 1 amide bonds. The first-order chi connectivity index (χ1) is 9.80. The van der Waals surface area contributed by atoms with Crippen LogP contribution in [0.25, 0.3) is 0 Å². The average Bonchev–Trinajstić information content (AvgIpc) is 2.45. The lowest BCUT2D eigenvalue weighted by molar-refractivity contribution is -0.140. The van der Waals surface area contributed by atoms with E-state index in [4.69, 9.17) is 0 Å². The van der Waals surface area contributed by atoms with Gasteiger partial charge in [0.1, 0.15) is 0 Å². The van der Waals surface area contributed by atoms with Crippen molar-refractivity contribution in [2.75, 3.05) is 32.4 Å². The van der Waals surface area contributed by atoms with Gasteiger partial charge in [0.15, 0.2) is 0 Å². The number of carbonyl (C=O) groups excluding carboxylic acids is 1. The summed E-state index contributed by atoms with van der Waals surface area (Å²) in [4.78, 5) is 14.7. The van der Waals surface area contributed by atoms with Crippen LogP contribution in [-0.2, 0) is 14.8 Å². The maximum absolute atomic E-state index is 12.7. The molecule has 0 aromatic rings. The van der Waals surface area contributed by atoms with E-state index >= 15 is 0 Å². The molecule has 2 atom stereocenters. The summed E-state index contributed by atoms with van der Waals surface area (Å²) in [6.07, 6.45) is 6.18. The quantitative estimate of drug-likeness (QED) is 0.782. The van der Waals surface area contributed by atoms with Gasteiger partial charge in [-0.05, 0) is 51.5 Å². The first-order valence-electron chi connectivity index (χ1n) is 7.79. The first kappa shape index (κ1) is 16.7. The Labute approximate surface area is 127 Å². The predicted octanol–water partition coefficient (Wildman–Crippen LogP) is 0.306. The van der Waals surface area contributed by atoms with E-state index in [0.29, 0.717) is 13.1 Å². The third-order valence-electron chi connectivity index (χ3n) is 4.53. The highest BCUT2D eigenvalue weighted by atomic mass is 32.2. The highest BCUT2D eigenvalue weighted by molar-refractivity contribution is 7.88. The third kappa shape index (κ3) is 4.66. The summed E-state index contributed by atoms with van der Waals surface area (Å²) in [6.45, 7) is 4.75. The molecular formula is C14H27N3O3S. The van der Waals surface area contributed by atoms with Gasteiger partial charge >= 0.3 is 0 Å². The molecule has 2 saturated heterocycles. The second-order valence-electron chi connectivity index (χ2n) is 6.60. The number of piperidine rings is 2. The van der Waals surface area contributed by atoms with Crippen LogP contribution in [0.15, 0.2) is 0 Å². The number of likely N-dealkylation sites (tertiary alicyclic amines) is 1. The van der Waals surface area contributed by atoms with Crippen LogP contribution < -0.4 is 10.0 Å². The fourth-order valence-electron chi connectivity index (χ4n) is 3.27. The van der Waals surface area contributed by atoms with Gasteiger partial charge in [0, 0.05) is 19.6 Å². The van der Waals surface area contributed by atoms with E-state index in [9.17, 15) is 13.2 Å². The lowest BCUT2D eigenvalue weighted by atomic mass is 9.88. The molecule has 0 radical (unpaired) electrons. The zero-order chi connectivity index (χ0) is 15.5. The summed E-state index contributed by atoms with van der Waals surface area (Å²) in [7, 11) is -3.16. The van der Waals surface area contributed by atoms with E-state index in [1.807, 2.05) is 11.8 Å². The van der Waals surface area contributed by atoms with Crippen LogP contribution in [0.3, 0.4) is 0 Å². The van der Waals surface area contributed by atoms with Crippen molar-refractivity contribution >= 4 is 15.9 Å². The normalized spacial score (nSPS) is 31.1. The molecule has 2 N–H and O–H groups in total. The molecule has 21 heavy (non-hydrogen) atoms. The zero-order valence-electron chi connectivity index (χ0n) is 13.0. The van der Waals surface area contributed by atoms with Crippen molar-refractivity contribution in [2.24, 2.45) is 5.92 Å². The molecule has 0 bridgehead atoms. The number of amides is 1. The van der Waals surface area contributed by atoms with Gasteiger partial charge in [-0.1, -0.05) is 0 Å². The molecule has 2 rings (SSSR count). The number of hydrogen-bond acceptors (Lipinski definition) is 4. The van der Waals surface area contributed by atoms with Crippen LogP contribution in [-0.4, -0.2) is 57.2 Å². The van der Waals surface area contributed by atoms with Gasteiger partial charge in [0.05, 0.1) is 11.8 Å². The summed E-state index contributed by atoms with van der Waals surface area (Å²) >= 11 is 0. The van der Waals surface area contributed by atoms with Gasteiger partial charge in [0.25, 0.3) is 0 Å². The minimum absolute atomic E-state index is 0.172. The molecule has 6 nitrogen and oxygen atoms in total. The van der Waals surface area contributed by atoms with E-state index in [2.05, 4.69) is 10.0 Å². The third-order valence-corrected chi connectivity index (χ3v) is 5.22. The Bertz CT molecular complexity index is 472. The second-order valence-corrected chi connectivity index (χ2v) is 8.43. The van der Waals surface area contributed by atoms with E-state index < -0.39 is 15.6 Å². The van der Waals surface area contributed by atoms with Crippen molar-refractivity contribution in [1.82, 2.24) is 14.9 Å². The Morgan fingerprint density at radius 1 is 1.38 bits per heavy atom. The maximum atomic E-state index is 12.7. The lowest BCUT2D eigenvalue weighted by Crippen LogP contribution is -2.59. The Morgan fingerprint density at radius 2 is 2.14 bits per heavy atom. The molecule has 0 aromatic carbocycles. The van der Waals surface area contributed by atoms with Crippen LogP contribution in [0.5, 0.6) is 0 Å². The van der Waals surface area contributed by atoms with Gasteiger partial charge < -0.3 is 10.2 Å². The predicted molar refractivity (Wildman–Crippen MR) is 82.4 cm³/mol. The van der Waals surface area contributed by atoms with Crippen LogP contribution in [0.1, 0.15) is 39.0 Å². The van der Waals surface area contributed by atoms with E-state index in [1.54, 1.807) is 0 Å². The number of carbonyl (C=O) groups is 1. The number of nitrogens with one attached hydrogen (secondary N) is 2. The Balaban J connectivity index is 1.92. The molecule has 2 fully saturated rings. The molecular weight excluding hydrogens is 290 g/mol. The highest BCUT2D eigenvalue weighted by Gasteiger charge is 2.38. The molecule has 0 aliphatic carbocycles. The molecule has 2 heterocycles. The fourth-order valence-corrected chi connectivity index (χ4v) is 3.81. The van der Waals surface area contributed by atoms with Gasteiger partial charge in [-0.25, -0.2) is 13.1 Å². The molecule has 0 spiro atoms. The summed E-state index contributed by atoms with van der Waals surface area (Å²) in [5.74, 6) is 0.385.